The third-order valence-corrected chi connectivity index (χ3v) is 4.87. The lowest BCUT2D eigenvalue weighted by atomic mass is 10.1. The summed E-state index contributed by atoms with van der Waals surface area (Å²) in [6, 6.07) is 14.5. The minimum Gasteiger partial charge on any atom is -0.354 e. The molecule has 0 aliphatic carbocycles. The number of nitrogens with one attached hydrogen (secondary N) is 1. The molecule has 0 fully saturated rings. The molecule has 0 aliphatic heterocycles. The second kappa shape index (κ2) is 8.73. The second-order valence-electron chi connectivity index (χ2n) is 7.06. The number of hydrogen-bond donors (Lipinski definition) is 1. The Balaban J connectivity index is 1.64. The summed E-state index contributed by atoms with van der Waals surface area (Å²) < 4.78 is 6.88. The molecule has 3 aromatic heterocycles. The van der Waals surface area contributed by atoms with Crippen molar-refractivity contribution in [2.45, 2.75) is 19.5 Å². The van der Waals surface area contributed by atoms with Crippen molar-refractivity contribution in [2.24, 2.45) is 0 Å². The van der Waals surface area contributed by atoms with Gasteiger partial charge in [-0.3, -0.25) is 14.3 Å². The fourth-order valence-corrected chi connectivity index (χ4v) is 3.17. The predicted octanol–water partition coefficient (Wildman–Crippen LogP) is 3.43. The fourth-order valence-electron chi connectivity index (χ4n) is 3.17. The molecule has 154 valence electrons. The highest BCUT2D eigenvalue weighted by Crippen LogP contribution is 2.26. The van der Waals surface area contributed by atoms with Crippen LogP contribution in [0.1, 0.15) is 18.5 Å². The van der Waals surface area contributed by atoms with Crippen molar-refractivity contribution in [3.05, 3.63) is 77.0 Å². The molecule has 8 heteroatoms. The SMILES string of the molecule is CNCc1ccc(-c2cc(-c3cncc(-c4ccc(=O)n(C(C)C#N)c4)n3)on2)cc1. The smallest absolute Gasteiger partial charge is 0.251 e. The summed E-state index contributed by atoms with van der Waals surface area (Å²) in [5, 5.41) is 16.4. The molecular weight excluding hydrogens is 392 g/mol. The van der Waals surface area contributed by atoms with Crippen LogP contribution in [0.15, 0.2) is 70.4 Å². The van der Waals surface area contributed by atoms with Crippen LogP contribution in [0.2, 0.25) is 0 Å². The highest BCUT2D eigenvalue weighted by atomic mass is 16.5. The molecule has 1 atom stereocenters. The fraction of sp³-hybridized carbons (Fsp3) is 0.174. The molecular formula is C23H20N6O2. The Kier molecular flexibility index (Phi) is 5.69. The van der Waals surface area contributed by atoms with Gasteiger partial charge in [0.15, 0.2) is 5.76 Å². The van der Waals surface area contributed by atoms with E-state index in [2.05, 4.69) is 26.5 Å². The largest absolute Gasteiger partial charge is 0.354 e. The maximum absolute atomic E-state index is 12.0. The molecule has 0 amide bonds. The molecule has 0 radical (unpaired) electrons. The Labute approximate surface area is 178 Å². The summed E-state index contributed by atoms with van der Waals surface area (Å²) in [4.78, 5) is 20.9. The average Bonchev–Trinajstić information content (AvgIpc) is 3.30. The van der Waals surface area contributed by atoms with E-state index in [1.165, 1.54) is 16.2 Å². The van der Waals surface area contributed by atoms with E-state index in [9.17, 15) is 4.79 Å². The van der Waals surface area contributed by atoms with Crippen LogP contribution in [0.4, 0.5) is 0 Å². The Morgan fingerprint density at radius 1 is 1.10 bits per heavy atom. The summed E-state index contributed by atoms with van der Waals surface area (Å²) in [6.07, 6.45) is 4.81. The standard InChI is InChI=1S/C23H20N6O2/c1-15(10-24)29-14-18(7-8-23(29)30)20-12-26-13-21(27-20)22-9-19(28-31-22)17-5-3-16(4-6-17)11-25-2/h3-9,12-15,25H,11H2,1-2H3. The molecule has 0 saturated heterocycles. The molecule has 8 nitrogen and oxygen atoms in total. The molecule has 1 N–H and O–H groups in total. The highest BCUT2D eigenvalue weighted by Gasteiger charge is 2.13. The zero-order valence-electron chi connectivity index (χ0n) is 17.1. The van der Waals surface area contributed by atoms with E-state index in [4.69, 9.17) is 9.78 Å². The predicted molar refractivity (Wildman–Crippen MR) is 116 cm³/mol. The van der Waals surface area contributed by atoms with E-state index in [0.717, 1.165) is 12.1 Å². The van der Waals surface area contributed by atoms with Crippen molar-refractivity contribution >= 4 is 0 Å². The topological polar surface area (TPSA) is 110 Å². The molecule has 31 heavy (non-hydrogen) atoms. The molecule has 1 unspecified atom stereocenters. The number of nitrogens with zero attached hydrogens (tertiary/aromatic N) is 5. The zero-order chi connectivity index (χ0) is 21.8. The second-order valence-corrected chi connectivity index (χ2v) is 7.06. The third-order valence-electron chi connectivity index (χ3n) is 4.87. The Morgan fingerprint density at radius 2 is 1.84 bits per heavy atom. The monoisotopic (exact) mass is 412 g/mol. The van der Waals surface area contributed by atoms with Gasteiger partial charge < -0.3 is 9.84 Å². The molecule has 3 heterocycles. The molecule has 1 aromatic carbocycles. The van der Waals surface area contributed by atoms with Crippen LogP contribution in [-0.2, 0) is 6.54 Å². The summed E-state index contributed by atoms with van der Waals surface area (Å²) in [5.74, 6) is 0.488. The molecule has 0 saturated carbocycles. The number of rotatable bonds is 6. The lowest BCUT2D eigenvalue weighted by Crippen LogP contribution is -2.21. The van der Waals surface area contributed by atoms with Crippen LogP contribution in [0.25, 0.3) is 34.0 Å². The van der Waals surface area contributed by atoms with Crippen LogP contribution in [-0.4, -0.2) is 26.7 Å². The summed E-state index contributed by atoms with van der Waals surface area (Å²) >= 11 is 0. The van der Waals surface area contributed by atoms with Crippen molar-refractivity contribution < 1.29 is 4.52 Å². The normalized spacial score (nSPS) is 11.8. The first-order valence-corrected chi connectivity index (χ1v) is 9.74. The number of benzene rings is 1. The van der Waals surface area contributed by atoms with Gasteiger partial charge in [-0.2, -0.15) is 5.26 Å². The lowest BCUT2D eigenvalue weighted by Gasteiger charge is -2.09. The van der Waals surface area contributed by atoms with Crippen LogP contribution in [0.3, 0.4) is 0 Å². The average molecular weight is 412 g/mol. The molecule has 0 spiro atoms. The Morgan fingerprint density at radius 3 is 2.58 bits per heavy atom. The number of aromatic nitrogens is 4. The van der Waals surface area contributed by atoms with Gasteiger partial charge in [0.25, 0.3) is 5.56 Å². The van der Waals surface area contributed by atoms with E-state index < -0.39 is 6.04 Å². The van der Waals surface area contributed by atoms with Crippen LogP contribution in [0.5, 0.6) is 0 Å². The lowest BCUT2D eigenvalue weighted by molar-refractivity contribution is 0.433. The van der Waals surface area contributed by atoms with Crippen LogP contribution in [0, 0.1) is 11.3 Å². The first kappa shape index (κ1) is 20.2. The van der Waals surface area contributed by atoms with Crippen LogP contribution < -0.4 is 10.9 Å². The van der Waals surface area contributed by atoms with Gasteiger partial charge in [-0.1, -0.05) is 29.4 Å². The molecule has 0 bridgehead atoms. The van der Waals surface area contributed by atoms with E-state index >= 15 is 0 Å². The minimum absolute atomic E-state index is 0.248. The highest BCUT2D eigenvalue weighted by molar-refractivity contribution is 5.66. The van der Waals surface area contributed by atoms with Gasteiger partial charge in [0, 0.05) is 36.0 Å². The van der Waals surface area contributed by atoms with Crippen molar-refractivity contribution in [1.82, 2.24) is 25.0 Å². The van der Waals surface area contributed by atoms with Gasteiger partial charge in [-0.05, 0) is 25.6 Å². The molecule has 4 aromatic rings. The van der Waals surface area contributed by atoms with Gasteiger partial charge in [0.1, 0.15) is 17.4 Å². The number of nitriles is 1. The first-order chi connectivity index (χ1) is 15.1. The van der Waals surface area contributed by atoms with Gasteiger partial charge >= 0.3 is 0 Å². The molecule has 0 aliphatic rings. The van der Waals surface area contributed by atoms with Gasteiger partial charge in [-0.15, -0.1) is 0 Å². The number of hydrogen-bond acceptors (Lipinski definition) is 7. The third kappa shape index (κ3) is 4.27. The quantitative estimate of drug-likeness (QED) is 0.517. The van der Waals surface area contributed by atoms with Gasteiger partial charge in [-0.25, -0.2) is 4.98 Å². The van der Waals surface area contributed by atoms with E-state index in [1.807, 2.05) is 37.4 Å². The minimum atomic E-state index is -0.583. The maximum atomic E-state index is 12.0. The van der Waals surface area contributed by atoms with Crippen molar-refractivity contribution in [1.29, 1.82) is 5.26 Å². The van der Waals surface area contributed by atoms with Crippen molar-refractivity contribution in [3.63, 3.8) is 0 Å². The van der Waals surface area contributed by atoms with Crippen molar-refractivity contribution in [3.8, 4) is 40.0 Å². The maximum Gasteiger partial charge on any atom is 0.251 e. The van der Waals surface area contributed by atoms with Gasteiger partial charge in [0.05, 0.1) is 24.2 Å². The van der Waals surface area contributed by atoms with Crippen molar-refractivity contribution in [2.75, 3.05) is 7.05 Å². The number of pyridine rings is 1. The Bertz CT molecular complexity index is 1300. The first-order valence-electron chi connectivity index (χ1n) is 9.74. The summed E-state index contributed by atoms with van der Waals surface area (Å²) in [7, 11) is 1.91. The Hall–Kier alpha value is -4.09. The summed E-state index contributed by atoms with van der Waals surface area (Å²) in [6.45, 7) is 2.46. The summed E-state index contributed by atoms with van der Waals surface area (Å²) in [5.41, 5.74) is 4.34. The van der Waals surface area contributed by atoms with Crippen LogP contribution >= 0.6 is 0 Å². The van der Waals surface area contributed by atoms with E-state index in [1.54, 1.807) is 31.6 Å². The van der Waals surface area contributed by atoms with Gasteiger partial charge in [0.2, 0.25) is 0 Å². The molecule has 4 rings (SSSR count). The van der Waals surface area contributed by atoms with E-state index in [0.29, 0.717) is 28.4 Å². The van der Waals surface area contributed by atoms with E-state index in [-0.39, 0.29) is 5.56 Å². The zero-order valence-corrected chi connectivity index (χ0v) is 17.1.